The highest BCUT2D eigenvalue weighted by Crippen LogP contribution is 2.26. The van der Waals surface area contributed by atoms with Crippen LogP contribution < -0.4 is 0 Å². The molecule has 6 unspecified atom stereocenters. The van der Waals surface area contributed by atoms with Crippen LogP contribution in [0.4, 0.5) is 0 Å². The average Bonchev–Trinajstić information content (AvgIpc) is 3.37. The summed E-state index contributed by atoms with van der Waals surface area (Å²) in [6.07, 6.45) is 47.6. The standard InChI is InChI=1S/C61H104O12/c1-4-7-10-13-16-19-22-25-27-30-32-35-38-41-44-47-53(62)69-50-52(71-54(63)48-45-42-39-36-33-29-24-21-18-15-12-9-6-3)51-70-61-59(57(66)56(65)58(73-61)60(67)68)72-55(64)49-46-43-40-37-34-31-28-26-23-20-17-14-11-8-5-2/h8,11,16-17,19-20,25-28,52,56-59,61,65-66H,4-7,9-10,12-15,18,21-24,29-51H2,1-3H3,(H,67,68)/b11-8-,19-16-,20-17-,27-25-,28-26-. The third-order valence-electron chi connectivity index (χ3n) is 13.1. The van der Waals surface area contributed by atoms with Gasteiger partial charge in [0.25, 0.3) is 0 Å². The van der Waals surface area contributed by atoms with E-state index in [0.29, 0.717) is 19.3 Å². The second kappa shape index (κ2) is 49.3. The van der Waals surface area contributed by atoms with Gasteiger partial charge in [-0.2, -0.15) is 0 Å². The van der Waals surface area contributed by atoms with Gasteiger partial charge < -0.3 is 39.0 Å². The topological polar surface area (TPSA) is 175 Å². The summed E-state index contributed by atoms with van der Waals surface area (Å²) in [5.41, 5.74) is 0. The summed E-state index contributed by atoms with van der Waals surface area (Å²) >= 11 is 0. The molecule has 1 aliphatic rings. The molecule has 0 aromatic heterocycles. The van der Waals surface area contributed by atoms with Gasteiger partial charge in [0.15, 0.2) is 24.6 Å². The number of carboxylic acid groups (broad SMARTS) is 1. The minimum absolute atomic E-state index is 0.0398. The molecule has 1 saturated heterocycles. The highest BCUT2D eigenvalue weighted by Gasteiger charge is 2.50. The van der Waals surface area contributed by atoms with Gasteiger partial charge in [-0.25, -0.2) is 4.79 Å². The number of unbranched alkanes of at least 4 members (excludes halogenated alkanes) is 25. The third-order valence-corrected chi connectivity index (χ3v) is 13.1. The molecule has 3 N–H and O–H groups in total. The summed E-state index contributed by atoms with van der Waals surface area (Å²) in [5.74, 6) is -3.15. The molecular weight excluding hydrogens is 925 g/mol. The first kappa shape index (κ1) is 67.4. The zero-order valence-electron chi connectivity index (χ0n) is 46.1. The molecule has 0 aromatic rings. The maximum absolute atomic E-state index is 13.1. The van der Waals surface area contributed by atoms with Crippen LogP contribution in [0.15, 0.2) is 60.8 Å². The van der Waals surface area contributed by atoms with Gasteiger partial charge in [-0.05, 0) is 83.5 Å². The first-order valence-corrected chi connectivity index (χ1v) is 29.3. The Balaban J connectivity index is 2.71. The summed E-state index contributed by atoms with van der Waals surface area (Å²) < 4.78 is 28.4. The van der Waals surface area contributed by atoms with Gasteiger partial charge in [0.2, 0.25) is 0 Å². The number of aliphatic carboxylic acids is 1. The Hall–Kier alpha value is -3.58. The molecule has 1 rings (SSSR count). The maximum Gasteiger partial charge on any atom is 0.335 e. The lowest BCUT2D eigenvalue weighted by Gasteiger charge is -2.40. The van der Waals surface area contributed by atoms with Crippen LogP contribution in [0.3, 0.4) is 0 Å². The van der Waals surface area contributed by atoms with Crippen molar-refractivity contribution in [1.29, 1.82) is 0 Å². The molecule has 73 heavy (non-hydrogen) atoms. The number of ether oxygens (including phenoxy) is 5. The quantitative estimate of drug-likeness (QED) is 0.0228. The number of rotatable bonds is 49. The van der Waals surface area contributed by atoms with E-state index in [4.69, 9.17) is 23.7 Å². The summed E-state index contributed by atoms with van der Waals surface area (Å²) in [4.78, 5) is 51.1. The van der Waals surface area contributed by atoms with E-state index < -0.39 is 67.3 Å². The summed E-state index contributed by atoms with van der Waals surface area (Å²) in [6.45, 7) is 5.84. The highest BCUT2D eigenvalue weighted by molar-refractivity contribution is 5.74. The fourth-order valence-corrected chi connectivity index (χ4v) is 8.59. The van der Waals surface area contributed by atoms with Crippen molar-refractivity contribution >= 4 is 23.9 Å². The Morgan fingerprint density at radius 2 is 0.863 bits per heavy atom. The van der Waals surface area contributed by atoms with Crippen molar-refractivity contribution in [2.45, 2.75) is 289 Å². The van der Waals surface area contributed by atoms with E-state index in [1.54, 1.807) is 0 Å². The predicted molar refractivity (Wildman–Crippen MR) is 294 cm³/mol. The molecule has 0 bridgehead atoms. The van der Waals surface area contributed by atoms with Crippen molar-refractivity contribution in [2.75, 3.05) is 13.2 Å². The summed E-state index contributed by atoms with van der Waals surface area (Å²) in [6, 6.07) is 0. The van der Waals surface area contributed by atoms with Gasteiger partial charge in [0, 0.05) is 19.3 Å². The largest absolute Gasteiger partial charge is 0.479 e. The minimum atomic E-state index is -1.91. The van der Waals surface area contributed by atoms with E-state index >= 15 is 0 Å². The number of carbonyl (C=O) groups excluding carboxylic acids is 3. The number of hydrogen-bond acceptors (Lipinski definition) is 11. The predicted octanol–water partition coefficient (Wildman–Crippen LogP) is 14.8. The number of aliphatic hydroxyl groups excluding tert-OH is 2. The van der Waals surface area contributed by atoms with Crippen molar-refractivity contribution in [3.05, 3.63) is 60.8 Å². The zero-order chi connectivity index (χ0) is 53.3. The van der Waals surface area contributed by atoms with Crippen LogP contribution in [-0.2, 0) is 42.9 Å². The van der Waals surface area contributed by atoms with Crippen LogP contribution in [-0.4, -0.2) is 89.2 Å². The first-order valence-electron chi connectivity index (χ1n) is 29.3. The number of carboxylic acids is 1. The molecule has 1 aliphatic heterocycles. The lowest BCUT2D eigenvalue weighted by Crippen LogP contribution is -2.61. The molecule has 0 amide bonds. The van der Waals surface area contributed by atoms with Gasteiger partial charge in [-0.1, -0.05) is 210 Å². The first-order chi connectivity index (χ1) is 35.6. The zero-order valence-corrected chi connectivity index (χ0v) is 46.1. The van der Waals surface area contributed by atoms with Crippen LogP contribution in [0.5, 0.6) is 0 Å². The number of esters is 3. The van der Waals surface area contributed by atoms with Crippen LogP contribution in [0.2, 0.25) is 0 Å². The fourth-order valence-electron chi connectivity index (χ4n) is 8.59. The van der Waals surface area contributed by atoms with Crippen molar-refractivity contribution in [1.82, 2.24) is 0 Å². The molecule has 12 heteroatoms. The highest BCUT2D eigenvalue weighted by atomic mass is 16.7. The van der Waals surface area contributed by atoms with Crippen LogP contribution in [0.1, 0.15) is 252 Å². The maximum atomic E-state index is 13.1. The summed E-state index contributed by atoms with van der Waals surface area (Å²) in [7, 11) is 0. The molecule has 0 spiro atoms. The van der Waals surface area contributed by atoms with E-state index in [-0.39, 0.29) is 25.9 Å². The molecule has 6 atom stereocenters. The van der Waals surface area contributed by atoms with Crippen molar-refractivity contribution in [2.24, 2.45) is 0 Å². The number of allylic oxidation sites excluding steroid dienone is 10. The van der Waals surface area contributed by atoms with Gasteiger partial charge in [0.05, 0.1) is 6.61 Å². The smallest absolute Gasteiger partial charge is 0.335 e. The normalized spacial score (nSPS) is 18.7. The lowest BCUT2D eigenvalue weighted by molar-refractivity contribution is -0.301. The Kier molecular flexibility index (Phi) is 45.5. The van der Waals surface area contributed by atoms with E-state index in [0.717, 1.165) is 116 Å². The molecular formula is C61H104O12. The SMILES string of the molecule is CC/C=C\C/C=C\C/C=C\CCCCCCCC(=O)OC1C(OCC(COC(=O)CCCCCCC/C=C\C/C=C\CCCCC)OC(=O)CCCCCCCCCCCCCCC)OC(C(=O)O)C(O)C1O. The molecule has 0 saturated carbocycles. The minimum Gasteiger partial charge on any atom is -0.479 e. The Morgan fingerprint density at radius 1 is 0.466 bits per heavy atom. The lowest BCUT2D eigenvalue weighted by atomic mass is 9.98. The van der Waals surface area contributed by atoms with Gasteiger partial charge in [0.1, 0.15) is 18.8 Å². The Labute approximate surface area is 443 Å². The molecule has 0 radical (unpaired) electrons. The molecule has 0 aliphatic carbocycles. The average molecular weight is 1030 g/mol. The molecule has 1 heterocycles. The monoisotopic (exact) mass is 1030 g/mol. The molecule has 420 valence electrons. The van der Waals surface area contributed by atoms with E-state index in [2.05, 4.69) is 81.5 Å². The van der Waals surface area contributed by atoms with Crippen molar-refractivity contribution in [3.8, 4) is 0 Å². The third kappa shape index (κ3) is 39.5. The van der Waals surface area contributed by atoms with Gasteiger partial charge in [-0.3, -0.25) is 14.4 Å². The van der Waals surface area contributed by atoms with Gasteiger partial charge in [-0.15, -0.1) is 0 Å². The Morgan fingerprint density at radius 3 is 1.34 bits per heavy atom. The Bertz CT molecular complexity index is 1500. The van der Waals surface area contributed by atoms with Crippen LogP contribution in [0.25, 0.3) is 0 Å². The molecule has 1 fully saturated rings. The summed E-state index contributed by atoms with van der Waals surface area (Å²) in [5, 5.41) is 31.4. The second-order valence-electron chi connectivity index (χ2n) is 19.9. The van der Waals surface area contributed by atoms with Crippen molar-refractivity contribution in [3.63, 3.8) is 0 Å². The van der Waals surface area contributed by atoms with Gasteiger partial charge >= 0.3 is 23.9 Å². The van der Waals surface area contributed by atoms with Crippen LogP contribution >= 0.6 is 0 Å². The molecule has 0 aromatic carbocycles. The number of aliphatic hydroxyl groups is 2. The number of carbonyl (C=O) groups is 4. The fraction of sp³-hybridized carbons (Fsp3) is 0.770. The van der Waals surface area contributed by atoms with E-state index in [1.165, 1.54) is 77.0 Å². The van der Waals surface area contributed by atoms with E-state index in [9.17, 15) is 34.5 Å². The van der Waals surface area contributed by atoms with Crippen LogP contribution in [0, 0.1) is 0 Å². The second-order valence-corrected chi connectivity index (χ2v) is 19.9. The van der Waals surface area contributed by atoms with E-state index in [1.807, 2.05) is 0 Å². The van der Waals surface area contributed by atoms with Crippen molar-refractivity contribution < 1.29 is 58.2 Å². The number of hydrogen-bond donors (Lipinski definition) is 3. The molecule has 12 nitrogen and oxygen atoms in total.